The fraction of sp³-hybridized carbons (Fsp3) is 0. The molecule has 0 saturated heterocycles. The van der Waals surface area contributed by atoms with Crippen molar-refractivity contribution >= 4 is 85.8 Å². The van der Waals surface area contributed by atoms with Crippen molar-refractivity contribution in [1.29, 1.82) is 0 Å². The first-order chi connectivity index (χ1) is 24.8. The number of aromatic nitrogens is 3. The van der Waals surface area contributed by atoms with Crippen LogP contribution >= 0.6 is 11.3 Å². The summed E-state index contributed by atoms with van der Waals surface area (Å²) in [7, 11) is 0. The fourth-order valence-electron chi connectivity index (χ4n) is 7.97. The third kappa shape index (κ3) is 3.97. The Morgan fingerprint density at radius 2 is 1.10 bits per heavy atom. The van der Waals surface area contributed by atoms with E-state index < -0.39 is 0 Å². The van der Waals surface area contributed by atoms with Crippen LogP contribution in [0.2, 0.25) is 0 Å². The topological polar surface area (TPSA) is 30.7 Å². The lowest BCUT2D eigenvalue weighted by Crippen LogP contribution is -2.03. The lowest BCUT2D eigenvalue weighted by atomic mass is 9.93. The standard InChI is InChI=1S/C46H27N3S/c1-2-13-29(14-3-1)45-36-19-8-10-20-38(36)47-46(48-45)49-39-25-23-28-12-4-5-15-31(28)43(39)44-35-18-7-6-16-32(35)37(27-40(44)49)30-22-24-34-33-17-9-11-21-41(33)50-42(34)26-30/h1-27H. The van der Waals surface area contributed by atoms with Gasteiger partial charge >= 0.3 is 0 Å². The van der Waals surface area contributed by atoms with Crippen molar-refractivity contribution in [3.05, 3.63) is 164 Å². The highest BCUT2D eigenvalue weighted by Crippen LogP contribution is 2.45. The molecule has 0 unspecified atom stereocenters. The summed E-state index contributed by atoms with van der Waals surface area (Å²) in [5, 5.41) is 11.0. The second kappa shape index (κ2) is 10.6. The molecule has 3 heterocycles. The Bertz CT molecular complexity index is 3150. The first-order valence-corrected chi connectivity index (χ1v) is 17.7. The molecule has 0 spiro atoms. The van der Waals surface area contributed by atoms with E-state index >= 15 is 0 Å². The molecule has 0 N–H and O–H groups in total. The van der Waals surface area contributed by atoms with Gasteiger partial charge in [0.25, 0.3) is 0 Å². The van der Waals surface area contributed by atoms with E-state index in [9.17, 15) is 0 Å². The van der Waals surface area contributed by atoms with Crippen molar-refractivity contribution in [3.63, 3.8) is 0 Å². The molecule has 0 fully saturated rings. The van der Waals surface area contributed by atoms with Crippen molar-refractivity contribution in [2.75, 3.05) is 0 Å². The molecule has 0 saturated carbocycles. The minimum Gasteiger partial charge on any atom is -0.278 e. The third-order valence-electron chi connectivity index (χ3n) is 10.2. The SMILES string of the molecule is c1ccc(-c2nc(-n3c4ccc5ccccc5c4c4c5ccccc5c(-c5ccc6c(c5)sc5ccccc56)cc43)nc3ccccc23)cc1. The Labute approximate surface area is 291 Å². The zero-order valence-electron chi connectivity index (χ0n) is 26.8. The number of thiophene rings is 1. The van der Waals surface area contributed by atoms with Gasteiger partial charge in [0.05, 0.1) is 22.2 Å². The molecule has 0 aliphatic carbocycles. The van der Waals surface area contributed by atoms with Gasteiger partial charge in [-0.3, -0.25) is 4.57 Å². The maximum Gasteiger partial charge on any atom is 0.235 e. The highest BCUT2D eigenvalue weighted by molar-refractivity contribution is 7.25. The van der Waals surface area contributed by atoms with Gasteiger partial charge in [0.2, 0.25) is 5.95 Å². The summed E-state index contributed by atoms with van der Waals surface area (Å²) < 4.78 is 4.91. The predicted molar refractivity (Wildman–Crippen MR) is 213 cm³/mol. The number of nitrogens with zero attached hydrogens (tertiary/aromatic N) is 3. The minimum atomic E-state index is 0.666. The van der Waals surface area contributed by atoms with Gasteiger partial charge in [-0.1, -0.05) is 133 Å². The van der Waals surface area contributed by atoms with E-state index in [1.807, 2.05) is 11.3 Å². The van der Waals surface area contributed by atoms with Crippen molar-refractivity contribution in [2.45, 2.75) is 0 Å². The summed E-state index contributed by atoms with van der Waals surface area (Å²) in [6.45, 7) is 0. The average Bonchev–Trinajstić information content (AvgIpc) is 3.73. The molecule has 11 aromatic rings. The highest BCUT2D eigenvalue weighted by atomic mass is 32.1. The smallest absolute Gasteiger partial charge is 0.235 e. The number of benzene rings is 8. The lowest BCUT2D eigenvalue weighted by molar-refractivity contribution is 1.01. The average molecular weight is 654 g/mol. The second-order valence-electron chi connectivity index (χ2n) is 12.9. The van der Waals surface area contributed by atoms with E-state index in [1.54, 1.807) is 0 Å². The zero-order chi connectivity index (χ0) is 32.8. The van der Waals surface area contributed by atoms with Crippen LogP contribution in [0.3, 0.4) is 0 Å². The molecule has 4 heteroatoms. The Balaban J connectivity index is 1.30. The Morgan fingerprint density at radius 1 is 0.420 bits per heavy atom. The summed E-state index contributed by atoms with van der Waals surface area (Å²) in [5.74, 6) is 0.666. The number of fused-ring (bicyclic) bond motifs is 11. The maximum absolute atomic E-state index is 5.40. The molecule has 0 amide bonds. The van der Waals surface area contributed by atoms with Gasteiger partial charge in [-0.15, -0.1) is 11.3 Å². The van der Waals surface area contributed by atoms with Gasteiger partial charge in [0, 0.05) is 41.9 Å². The second-order valence-corrected chi connectivity index (χ2v) is 14.0. The van der Waals surface area contributed by atoms with Crippen molar-refractivity contribution in [1.82, 2.24) is 14.5 Å². The quantitative estimate of drug-likeness (QED) is 0.190. The summed E-state index contributed by atoms with van der Waals surface area (Å²) in [4.78, 5) is 10.7. The molecule has 3 aromatic heterocycles. The van der Waals surface area contributed by atoms with Crippen LogP contribution in [0.4, 0.5) is 0 Å². The van der Waals surface area contributed by atoms with Gasteiger partial charge in [0.1, 0.15) is 0 Å². The molecule has 0 atom stereocenters. The van der Waals surface area contributed by atoms with Crippen LogP contribution in [-0.2, 0) is 0 Å². The van der Waals surface area contributed by atoms with Gasteiger partial charge in [0.15, 0.2) is 0 Å². The molecular formula is C46H27N3S. The van der Waals surface area contributed by atoms with Gasteiger partial charge < -0.3 is 0 Å². The molecular weight excluding hydrogens is 627 g/mol. The van der Waals surface area contributed by atoms with E-state index in [0.29, 0.717) is 5.95 Å². The summed E-state index contributed by atoms with van der Waals surface area (Å²) in [6, 6.07) is 58.9. The molecule has 8 aromatic carbocycles. The highest BCUT2D eigenvalue weighted by Gasteiger charge is 2.22. The molecule has 3 nitrogen and oxygen atoms in total. The van der Waals surface area contributed by atoms with E-state index in [0.717, 1.165) is 33.2 Å². The van der Waals surface area contributed by atoms with Gasteiger partial charge in [-0.2, -0.15) is 0 Å². The Hall–Kier alpha value is -6.36. The fourth-order valence-corrected chi connectivity index (χ4v) is 9.11. The number of rotatable bonds is 3. The van der Waals surface area contributed by atoms with Crippen molar-refractivity contribution in [3.8, 4) is 28.3 Å². The zero-order valence-corrected chi connectivity index (χ0v) is 27.7. The van der Waals surface area contributed by atoms with E-state index in [1.165, 1.54) is 63.6 Å². The third-order valence-corrected chi connectivity index (χ3v) is 11.3. The van der Waals surface area contributed by atoms with Crippen LogP contribution in [-0.4, -0.2) is 14.5 Å². The molecule has 232 valence electrons. The monoisotopic (exact) mass is 653 g/mol. The molecule has 0 radical (unpaired) electrons. The summed E-state index contributed by atoms with van der Waals surface area (Å²) >= 11 is 1.86. The molecule has 50 heavy (non-hydrogen) atoms. The predicted octanol–water partition coefficient (Wildman–Crippen LogP) is 12.7. The van der Waals surface area contributed by atoms with E-state index in [2.05, 4.69) is 168 Å². The number of hydrogen-bond donors (Lipinski definition) is 0. The van der Waals surface area contributed by atoms with Crippen LogP contribution < -0.4 is 0 Å². The number of para-hydroxylation sites is 1. The van der Waals surface area contributed by atoms with Crippen LogP contribution in [0.1, 0.15) is 0 Å². The Morgan fingerprint density at radius 3 is 1.98 bits per heavy atom. The van der Waals surface area contributed by atoms with Crippen molar-refractivity contribution in [2.24, 2.45) is 0 Å². The normalized spacial score (nSPS) is 12.0. The van der Waals surface area contributed by atoms with Crippen molar-refractivity contribution < 1.29 is 0 Å². The first kappa shape index (κ1) is 27.6. The van der Waals surface area contributed by atoms with Crippen LogP contribution in [0.15, 0.2) is 164 Å². The molecule has 11 rings (SSSR count). The lowest BCUT2D eigenvalue weighted by Gasteiger charge is -2.13. The summed E-state index contributed by atoms with van der Waals surface area (Å²) in [5.41, 5.74) is 7.51. The maximum atomic E-state index is 5.40. The van der Waals surface area contributed by atoms with Gasteiger partial charge in [-0.05, 0) is 63.0 Å². The first-order valence-electron chi connectivity index (χ1n) is 16.9. The minimum absolute atomic E-state index is 0.666. The molecule has 0 aliphatic rings. The Kier molecular flexibility index (Phi) is 5.83. The number of hydrogen-bond acceptors (Lipinski definition) is 3. The van der Waals surface area contributed by atoms with Crippen LogP contribution in [0.25, 0.3) is 103 Å². The molecule has 0 aliphatic heterocycles. The van der Waals surface area contributed by atoms with Crippen LogP contribution in [0.5, 0.6) is 0 Å². The molecule has 0 bridgehead atoms. The van der Waals surface area contributed by atoms with E-state index in [-0.39, 0.29) is 0 Å². The van der Waals surface area contributed by atoms with Gasteiger partial charge in [-0.25, -0.2) is 9.97 Å². The van der Waals surface area contributed by atoms with Crippen LogP contribution in [0, 0.1) is 0 Å². The summed E-state index contributed by atoms with van der Waals surface area (Å²) in [6.07, 6.45) is 0. The largest absolute Gasteiger partial charge is 0.278 e. The van der Waals surface area contributed by atoms with E-state index in [4.69, 9.17) is 9.97 Å².